The van der Waals surface area contributed by atoms with Crippen LogP contribution in [0.5, 0.6) is 0 Å². The minimum absolute atomic E-state index is 0.226. The van der Waals surface area contributed by atoms with E-state index in [4.69, 9.17) is 5.84 Å². The second-order valence-corrected chi connectivity index (χ2v) is 5.03. The number of benzene rings is 1. The van der Waals surface area contributed by atoms with E-state index in [9.17, 15) is 0 Å². The molecule has 2 aromatic heterocycles. The van der Waals surface area contributed by atoms with Crippen molar-refractivity contribution in [3.05, 3.63) is 40.5 Å². The zero-order chi connectivity index (χ0) is 14.7. The Morgan fingerprint density at radius 1 is 1.10 bits per heavy atom. The van der Waals surface area contributed by atoms with Crippen LogP contribution in [0.2, 0.25) is 0 Å². The summed E-state index contributed by atoms with van der Waals surface area (Å²) in [5.74, 6) is 6.28. The Kier molecular flexibility index (Phi) is 3.87. The van der Waals surface area contributed by atoms with Crippen molar-refractivity contribution in [2.24, 2.45) is 5.84 Å². The van der Waals surface area contributed by atoms with Gasteiger partial charge >= 0.3 is 0 Å². The third-order valence-corrected chi connectivity index (χ3v) is 3.44. The quantitative estimate of drug-likeness (QED) is 0.341. The predicted molar refractivity (Wildman–Crippen MR) is 85.0 cm³/mol. The number of nitrogens with one attached hydrogen (secondary N) is 2. The molecule has 106 valence electrons. The fourth-order valence-corrected chi connectivity index (χ4v) is 2.10. The van der Waals surface area contributed by atoms with Gasteiger partial charge in [0, 0.05) is 3.57 Å². The highest BCUT2D eigenvalue weighted by Gasteiger charge is 2.09. The van der Waals surface area contributed by atoms with Crippen molar-refractivity contribution in [2.45, 2.75) is 0 Å². The topological polar surface area (TPSA) is 119 Å². The van der Waals surface area contributed by atoms with Crippen LogP contribution in [0.25, 0.3) is 5.95 Å². The van der Waals surface area contributed by atoms with E-state index < -0.39 is 0 Å². The van der Waals surface area contributed by atoms with Gasteiger partial charge in [0.15, 0.2) is 0 Å². The van der Waals surface area contributed by atoms with Gasteiger partial charge in [-0.3, -0.25) is 5.43 Å². The van der Waals surface area contributed by atoms with E-state index in [0.29, 0.717) is 11.9 Å². The van der Waals surface area contributed by atoms with Crippen LogP contribution in [-0.2, 0) is 0 Å². The van der Waals surface area contributed by atoms with Gasteiger partial charge in [-0.2, -0.15) is 24.7 Å². The molecule has 0 aliphatic rings. The van der Waals surface area contributed by atoms with Gasteiger partial charge in [-0.1, -0.05) is 12.1 Å². The summed E-state index contributed by atoms with van der Waals surface area (Å²) in [5, 5.41) is 7.10. The molecular weight excluding hydrogens is 385 g/mol. The van der Waals surface area contributed by atoms with Crippen molar-refractivity contribution in [3.63, 3.8) is 0 Å². The molecule has 9 nitrogen and oxygen atoms in total. The average molecular weight is 395 g/mol. The molecule has 0 radical (unpaired) electrons. The lowest BCUT2D eigenvalue weighted by molar-refractivity contribution is 0.797. The molecule has 0 unspecified atom stereocenters. The summed E-state index contributed by atoms with van der Waals surface area (Å²) >= 11 is 2.22. The van der Waals surface area contributed by atoms with E-state index in [1.807, 2.05) is 24.3 Å². The van der Waals surface area contributed by atoms with E-state index >= 15 is 0 Å². The molecule has 3 rings (SSSR count). The van der Waals surface area contributed by atoms with Crippen LogP contribution in [0.4, 0.5) is 17.6 Å². The molecule has 0 atom stereocenters. The summed E-state index contributed by atoms with van der Waals surface area (Å²) in [4.78, 5) is 16.4. The van der Waals surface area contributed by atoms with E-state index in [1.54, 1.807) is 0 Å². The maximum Gasteiger partial charge on any atom is 0.258 e. The third kappa shape index (κ3) is 3.05. The zero-order valence-electron chi connectivity index (χ0n) is 10.6. The normalized spacial score (nSPS) is 10.4. The first-order chi connectivity index (χ1) is 10.3. The SMILES string of the molecule is NNc1nc(Nc2ccccc2I)nc(-n2cncn2)n1. The van der Waals surface area contributed by atoms with Gasteiger partial charge in [0.05, 0.1) is 5.69 Å². The zero-order valence-corrected chi connectivity index (χ0v) is 12.8. The van der Waals surface area contributed by atoms with Crippen molar-refractivity contribution in [2.75, 3.05) is 10.7 Å². The van der Waals surface area contributed by atoms with Crippen molar-refractivity contribution in [3.8, 4) is 5.95 Å². The maximum absolute atomic E-state index is 5.39. The molecule has 0 saturated heterocycles. The maximum atomic E-state index is 5.39. The number of anilines is 3. The molecule has 3 aromatic rings. The number of aromatic nitrogens is 6. The second kappa shape index (κ2) is 5.97. The number of hydrazine groups is 1. The number of nitrogen functional groups attached to an aromatic ring is 1. The number of para-hydroxylation sites is 1. The molecule has 0 aliphatic heterocycles. The summed E-state index contributed by atoms with van der Waals surface area (Å²) in [6.07, 6.45) is 2.89. The van der Waals surface area contributed by atoms with E-state index in [-0.39, 0.29) is 5.95 Å². The Balaban J connectivity index is 1.99. The van der Waals surface area contributed by atoms with Crippen molar-refractivity contribution in [1.82, 2.24) is 29.7 Å². The standard InChI is InChI=1S/C11H10IN9/c12-7-3-1-2-4-8(7)16-9-17-10(20-13)19-11(18-9)21-6-14-5-15-21/h1-6H,13H2,(H2,16,17,18,19,20). The van der Waals surface area contributed by atoms with Gasteiger partial charge in [0.25, 0.3) is 5.95 Å². The molecule has 0 aliphatic carbocycles. The van der Waals surface area contributed by atoms with E-state index in [0.717, 1.165) is 9.26 Å². The Hall–Kier alpha value is -2.34. The van der Waals surface area contributed by atoms with Gasteiger partial charge < -0.3 is 5.32 Å². The van der Waals surface area contributed by atoms with Crippen LogP contribution in [0.1, 0.15) is 0 Å². The first kappa shape index (κ1) is 13.6. The van der Waals surface area contributed by atoms with Crippen molar-refractivity contribution >= 4 is 40.2 Å². The van der Waals surface area contributed by atoms with Gasteiger partial charge in [0.2, 0.25) is 11.9 Å². The summed E-state index contributed by atoms with van der Waals surface area (Å²) in [6.45, 7) is 0. The average Bonchev–Trinajstić information content (AvgIpc) is 3.04. The molecule has 0 saturated carbocycles. The van der Waals surface area contributed by atoms with E-state index in [2.05, 4.69) is 58.4 Å². The largest absolute Gasteiger partial charge is 0.323 e. The molecule has 4 N–H and O–H groups in total. The molecular formula is C11H10IN9. The van der Waals surface area contributed by atoms with Gasteiger partial charge in [-0.25, -0.2) is 10.8 Å². The Morgan fingerprint density at radius 3 is 2.62 bits per heavy atom. The molecule has 1 aromatic carbocycles. The van der Waals surface area contributed by atoms with Gasteiger partial charge in [-0.15, -0.1) is 0 Å². The molecule has 2 heterocycles. The minimum Gasteiger partial charge on any atom is -0.323 e. The van der Waals surface area contributed by atoms with Crippen LogP contribution in [0.3, 0.4) is 0 Å². The fraction of sp³-hybridized carbons (Fsp3) is 0. The molecule has 10 heteroatoms. The number of nitrogens with zero attached hydrogens (tertiary/aromatic N) is 6. The number of hydrogen-bond acceptors (Lipinski definition) is 8. The summed E-state index contributed by atoms with van der Waals surface area (Å²) in [7, 11) is 0. The highest BCUT2D eigenvalue weighted by molar-refractivity contribution is 14.1. The van der Waals surface area contributed by atoms with E-state index in [1.165, 1.54) is 17.3 Å². The Labute approximate surface area is 133 Å². The third-order valence-electron chi connectivity index (χ3n) is 2.50. The highest BCUT2D eigenvalue weighted by atomic mass is 127. The van der Waals surface area contributed by atoms with Crippen LogP contribution >= 0.6 is 22.6 Å². The van der Waals surface area contributed by atoms with Gasteiger partial charge in [-0.05, 0) is 34.7 Å². The van der Waals surface area contributed by atoms with Crippen LogP contribution in [-0.4, -0.2) is 29.7 Å². The molecule has 0 spiro atoms. The number of nitrogens with two attached hydrogens (primary N) is 1. The first-order valence-corrected chi connectivity index (χ1v) is 6.93. The molecule has 0 fully saturated rings. The predicted octanol–water partition coefficient (Wildman–Crippen LogP) is 1.09. The van der Waals surface area contributed by atoms with Crippen LogP contribution < -0.4 is 16.6 Å². The van der Waals surface area contributed by atoms with Crippen LogP contribution in [0, 0.1) is 3.57 Å². The van der Waals surface area contributed by atoms with Crippen molar-refractivity contribution in [1.29, 1.82) is 0 Å². The summed E-state index contributed by atoms with van der Waals surface area (Å²) in [6, 6.07) is 7.78. The monoisotopic (exact) mass is 395 g/mol. The Morgan fingerprint density at radius 2 is 1.90 bits per heavy atom. The fourth-order valence-electron chi connectivity index (χ4n) is 1.58. The summed E-state index contributed by atoms with van der Waals surface area (Å²) < 4.78 is 2.46. The van der Waals surface area contributed by atoms with Crippen LogP contribution in [0.15, 0.2) is 36.9 Å². The number of halogens is 1. The lowest BCUT2D eigenvalue weighted by Gasteiger charge is -2.09. The first-order valence-electron chi connectivity index (χ1n) is 5.85. The number of hydrogen-bond donors (Lipinski definition) is 3. The minimum atomic E-state index is 0.226. The second-order valence-electron chi connectivity index (χ2n) is 3.87. The highest BCUT2D eigenvalue weighted by Crippen LogP contribution is 2.20. The lowest BCUT2D eigenvalue weighted by atomic mass is 10.3. The molecule has 21 heavy (non-hydrogen) atoms. The van der Waals surface area contributed by atoms with Crippen molar-refractivity contribution < 1.29 is 0 Å². The molecule has 0 amide bonds. The lowest BCUT2D eigenvalue weighted by Crippen LogP contribution is -2.15. The Bertz CT molecular complexity index is 743. The smallest absolute Gasteiger partial charge is 0.258 e. The van der Waals surface area contributed by atoms with Gasteiger partial charge in [0.1, 0.15) is 12.7 Å². The summed E-state index contributed by atoms with van der Waals surface area (Å²) in [5.41, 5.74) is 3.29. The number of rotatable bonds is 4. The molecule has 0 bridgehead atoms.